The van der Waals surface area contributed by atoms with Gasteiger partial charge in [-0.25, -0.2) is 4.79 Å². The number of ether oxygens (including phenoxy) is 3. The van der Waals surface area contributed by atoms with Crippen LogP contribution in [0.25, 0.3) is 0 Å². The molecule has 5 rings (SSSR count). The van der Waals surface area contributed by atoms with Gasteiger partial charge in [-0.2, -0.15) is 0 Å². The minimum atomic E-state index is -0.716. The minimum Gasteiger partial charge on any atom is -0.458 e. The Balaban J connectivity index is 1.37. The fraction of sp³-hybridized carbons (Fsp3) is 0.423. The van der Waals surface area contributed by atoms with Crippen molar-refractivity contribution in [2.45, 2.75) is 43.5 Å². The second kappa shape index (κ2) is 11.0. The van der Waals surface area contributed by atoms with E-state index in [2.05, 4.69) is 73.1 Å². The average molecular weight is 828 g/mol. The van der Waals surface area contributed by atoms with Crippen molar-refractivity contribution in [1.29, 1.82) is 0 Å². The molecule has 36 heavy (non-hydrogen) atoms. The van der Waals surface area contributed by atoms with Crippen LogP contribution in [0.5, 0.6) is 0 Å². The summed E-state index contributed by atoms with van der Waals surface area (Å²) in [6.07, 6.45) is 0.730. The van der Waals surface area contributed by atoms with E-state index >= 15 is 0 Å². The number of hydrogen-bond donors (Lipinski definition) is 1. The summed E-state index contributed by atoms with van der Waals surface area (Å²) in [7, 11) is 0. The van der Waals surface area contributed by atoms with Crippen LogP contribution in [0, 0.1) is 22.5 Å². The number of rotatable bonds is 5. The Bertz CT molecular complexity index is 1180. The van der Waals surface area contributed by atoms with Gasteiger partial charge in [0.1, 0.15) is 17.8 Å². The van der Waals surface area contributed by atoms with Crippen molar-refractivity contribution in [3.63, 3.8) is 0 Å². The van der Waals surface area contributed by atoms with Crippen molar-refractivity contribution >= 4 is 85.7 Å². The fourth-order valence-corrected chi connectivity index (χ4v) is 7.82. The van der Waals surface area contributed by atoms with Gasteiger partial charge in [0.05, 0.1) is 30.5 Å². The molecule has 3 fully saturated rings. The zero-order valence-corrected chi connectivity index (χ0v) is 25.7. The Morgan fingerprint density at radius 1 is 1.03 bits per heavy atom. The fourth-order valence-electron chi connectivity index (χ4n) is 5.44. The molecular formula is C26H25I3NO6+. The third-order valence-corrected chi connectivity index (χ3v) is 11.0. The molecule has 7 nitrogen and oxygen atoms in total. The highest BCUT2D eigenvalue weighted by Crippen LogP contribution is 2.43. The van der Waals surface area contributed by atoms with E-state index in [4.69, 9.17) is 14.2 Å². The molecule has 3 aliphatic rings. The number of hydrogen-bond acceptors (Lipinski definition) is 6. The van der Waals surface area contributed by atoms with E-state index in [1.807, 2.05) is 36.4 Å². The molecule has 0 spiro atoms. The lowest BCUT2D eigenvalue weighted by molar-refractivity contribution is -0.668. The summed E-state index contributed by atoms with van der Waals surface area (Å²) in [5, 5.41) is 2.22. The molecule has 2 aromatic rings. The number of carbonyl (C=O) groups is 3. The summed E-state index contributed by atoms with van der Waals surface area (Å²) < 4.78 is 20.4. The van der Waals surface area contributed by atoms with Crippen molar-refractivity contribution in [2.24, 2.45) is 11.8 Å². The first-order chi connectivity index (χ1) is 17.3. The molecule has 2 aromatic carbocycles. The predicted octanol–water partition coefficient (Wildman–Crippen LogP) is 3.77. The normalized spacial score (nSPS) is 26.7. The van der Waals surface area contributed by atoms with Crippen molar-refractivity contribution in [3.8, 4) is 0 Å². The number of halogens is 3. The third kappa shape index (κ3) is 5.28. The molecule has 1 saturated carbocycles. The number of esters is 3. The van der Waals surface area contributed by atoms with Crippen molar-refractivity contribution in [3.05, 3.63) is 64.3 Å². The second-order valence-electron chi connectivity index (χ2n) is 9.50. The van der Waals surface area contributed by atoms with Crippen LogP contribution in [-0.4, -0.2) is 43.2 Å². The molecule has 4 atom stereocenters. The number of fused-ring (bicyclic) bond motifs is 2. The van der Waals surface area contributed by atoms with E-state index in [9.17, 15) is 14.4 Å². The molecule has 1 aliphatic carbocycles. The van der Waals surface area contributed by atoms with Gasteiger partial charge in [-0.15, -0.1) is 0 Å². The van der Waals surface area contributed by atoms with E-state index in [-0.39, 0.29) is 6.42 Å². The van der Waals surface area contributed by atoms with Gasteiger partial charge in [-0.1, -0.05) is 30.3 Å². The van der Waals surface area contributed by atoms with E-state index < -0.39 is 47.6 Å². The zero-order valence-electron chi connectivity index (χ0n) is 19.3. The lowest BCUT2D eigenvalue weighted by Gasteiger charge is -2.38. The highest BCUT2D eigenvalue weighted by Gasteiger charge is 2.54. The number of piperidine rings is 1. The van der Waals surface area contributed by atoms with Crippen LogP contribution in [0.2, 0.25) is 0 Å². The summed E-state index contributed by atoms with van der Waals surface area (Å²) >= 11 is 6.50. The van der Waals surface area contributed by atoms with Crippen molar-refractivity contribution in [1.82, 2.24) is 0 Å². The van der Waals surface area contributed by atoms with Crippen LogP contribution in [0.15, 0.2) is 42.5 Å². The SMILES string of the molecule is O=C(OC1CC(C(=O)OC2(c3ccccc3)CC[NH2+]CC2)C2CC1OC2=O)c1cc(I)cc(I)c1I. The van der Waals surface area contributed by atoms with Crippen LogP contribution in [0.1, 0.15) is 41.6 Å². The monoisotopic (exact) mass is 828 g/mol. The van der Waals surface area contributed by atoms with Crippen LogP contribution < -0.4 is 5.32 Å². The number of carbonyl (C=O) groups excluding carboxylic acids is 3. The lowest BCUT2D eigenvalue weighted by Crippen LogP contribution is -2.87. The molecule has 2 heterocycles. The van der Waals surface area contributed by atoms with Crippen LogP contribution in [0.4, 0.5) is 0 Å². The molecule has 2 saturated heterocycles. The molecule has 190 valence electrons. The van der Waals surface area contributed by atoms with E-state index in [0.717, 1.165) is 29.4 Å². The maximum absolute atomic E-state index is 13.6. The molecule has 0 radical (unpaired) electrons. The van der Waals surface area contributed by atoms with E-state index in [0.29, 0.717) is 24.8 Å². The van der Waals surface area contributed by atoms with Gasteiger partial charge >= 0.3 is 17.9 Å². The van der Waals surface area contributed by atoms with Gasteiger partial charge < -0.3 is 19.5 Å². The standard InChI is InChI=1S/C26H24I3NO6/c27-15-10-18(22(29)19(28)11-15)24(32)35-21-13-17(16-12-20(21)34-23(16)31)25(33)36-26(6-8-30-9-7-26)14-4-2-1-3-5-14/h1-5,10-11,16-17,20-21,30H,6-9,12-13H2/p+1. The topological polar surface area (TPSA) is 95.5 Å². The first-order valence-corrected chi connectivity index (χ1v) is 15.2. The number of nitrogens with two attached hydrogens (primary N) is 1. The lowest BCUT2D eigenvalue weighted by atomic mass is 9.78. The average Bonchev–Trinajstić information content (AvgIpc) is 3.20. The van der Waals surface area contributed by atoms with Gasteiger partial charge in [0, 0.05) is 36.4 Å². The molecule has 2 bridgehead atoms. The van der Waals surface area contributed by atoms with Crippen LogP contribution in [0.3, 0.4) is 0 Å². The smallest absolute Gasteiger partial charge is 0.339 e. The molecule has 0 aromatic heterocycles. The van der Waals surface area contributed by atoms with Crippen molar-refractivity contribution in [2.75, 3.05) is 13.1 Å². The molecule has 10 heteroatoms. The van der Waals surface area contributed by atoms with Gasteiger partial charge in [-0.05, 0) is 85.5 Å². The summed E-state index contributed by atoms with van der Waals surface area (Å²) in [6, 6.07) is 13.6. The number of quaternary nitrogens is 1. The first-order valence-electron chi connectivity index (χ1n) is 11.9. The Labute approximate surface area is 250 Å². The first kappa shape index (κ1) is 26.6. The second-order valence-corrected chi connectivity index (χ2v) is 13.0. The Kier molecular flexibility index (Phi) is 8.13. The maximum Gasteiger partial charge on any atom is 0.339 e. The Morgan fingerprint density at radius 2 is 1.75 bits per heavy atom. The predicted molar refractivity (Wildman–Crippen MR) is 155 cm³/mol. The molecule has 2 aliphatic heterocycles. The van der Waals surface area contributed by atoms with E-state index in [1.165, 1.54) is 0 Å². The number of benzene rings is 2. The summed E-state index contributed by atoms with van der Waals surface area (Å²) in [5.41, 5.74) is 0.727. The molecule has 4 unspecified atom stereocenters. The highest BCUT2D eigenvalue weighted by atomic mass is 127. The van der Waals surface area contributed by atoms with Crippen LogP contribution >= 0.6 is 67.8 Å². The molecular weight excluding hydrogens is 803 g/mol. The quantitative estimate of drug-likeness (QED) is 0.214. The van der Waals surface area contributed by atoms with E-state index in [1.54, 1.807) is 6.07 Å². The largest absolute Gasteiger partial charge is 0.458 e. The Morgan fingerprint density at radius 3 is 2.47 bits per heavy atom. The Hall–Kier alpha value is -1.000. The van der Waals surface area contributed by atoms with Gasteiger partial charge in [0.2, 0.25) is 0 Å². The third-order valence-electron chi connectivity index (χ3n) is 7.32. The summed E-state index contributed by atoms with van der Waals surface area (Å²) in [4.78, 5) is 39.4. The zero-order chi connectivity index (χ0) is 25.4. The molecule has 0 amide bonds. The van der Waals surface area contributed by atoms with Gasteiger partial charge in [-0.3, -0.25) is 9.59 Å². The summed E-state index contributed by atoms with van der Waals surface area (Å²) in [6.45, 7) is 1.71. The minimum absolute atomic E-state index is 0.209. The van der Waals surface area contributed by atoms with Crippen molar-refractivity contribution < 1.29 is 33.9 Å². The van der Waals surface area contributed by atoms with Gasteiger partial charge in [0.15, 0.2) is 0 Å². The summed E-state index contributed by atoms with van der Waals surface area (Å²) in [5.74, 6) is -2.58. The maximum atomic E-state index is 13.6. The van der Waals surface area contributed by atoms with Crippen LogP contribution in [-0.2, 0) is 29.4 Å². The molecule has 2 N–H and O–H groups in total. The highest BCUT2D eigenvalue weighted by molar-refractivity contribution is 14.1. The van der Waals surface area contributed by atoms with Gasteiger partial charge in [0.25, 0.3) is 0 Å².